The lowest BCUT2D eigenvalue weighted by atomic mass is 10.1. The van der Waals surface area contributed by atoms with Gasteiger partial charge in [-0.2, -0.15) is 0 Å². The largest absolute Gasteiger partial charge is 0.488 e. The Bertz CT molecular complexity index is 1140. The van der Waals surface area contributed by atoms with E-state index >= 15 is 0 Å². The van der Waals surface area contributed by atoms with Crippen molar-refractivity contribution >= 4 is 16.8 Å². The number of furan rings is 1. The molecule has 3 heterocycles. The SMILES string of the molecule is OCCNc1nc(-c2ccccc2)nc2c1CCOc1c-2oc2ccccc12. The molecule has 0 amide bonds. The van der Waals surface area contributed by atoms with E-state index in [9.17, 15) is 5.11 Å². The molecule has 0 saturated heterocycles. The Morgan fingerprint density at radius 2 is 1.82 bits per heavy atom. The Balaban J connectivity index is 1.76. The minimum Gasteiger partial charge on any atom is -0.488 e. The van der Waals surface area contributed by atoms with E-state index in [2.05, 4.69) is 5.32 Å². The van der Waals surface area contributed by atoms with Gasteiger partial charge in [-0.25, -0.2) is 9.97 Å². The van der Waals surface area contributed by atoms with Crippen LogP contribution in [-0.2, 0) is 6.42 Å². The Kier molecular flexibility index (Phi) is 4.18. The molecule has 0 unspecified atom stereocenters. The first kappa shape index (κ1) is 16.8. The number of anilines is 1. The molecule has 1 aliphatic rings. The molecule has 0 bridgehead atoms. The number of aromatic nitrogens is 2. The average molecular weight is 373 g/mol. The van der Waals surface area contributed by atoms with Gasteiger partial charge in [0.15, 0.2) is 17.3 Å². The second kappa shape index (κ2) is 6.98. The lowest BCUT2D eigenvalue weighted by Gasteiger charge is -2.13. The molecule has 140 valence electrons. The summed E-state index contributed by atoms with van der Waals surface area (Å²) in [6, 6.07) is 17.7. The standard InChI is InChI=1S/C22H19N3O3/c26-12-11-23-22-16-10-13-27-19-15-8-4-5-9-17(15)28-20(19)18(16)24-21(25-22)14-6-2-1-3-7-14/h1-9,26H,10-13H2,(H,23,24,25). The fourth-order valence-electron chi connectivity index (χ4n) is 3.52. The van der Waals surface area contributed by atoms with Crippen molar-refractivity contribution < 1.29 is 14.3 Å². The highest BCUT2D eigenvalue weighted by Crippen LogP contribution is 2.43. The Morgan fingerprint density at radius 1 is 1.00 bits per heavy atom. The summed E-state index contributed by atoms with van der Waals surface area (Å²) in [6.07, 6.45) is 0.649. The van der Waals surface area contributed by atoms with Gasteiger partial charge in [-0.05, 0) is 12.1 Å². The lowest BCUT2D eigenvalue weighted by Crippen LogP contribution is -2.12. The van der Waals surface area contributed by atoms with Gasteiger partial charge < -0.3 is 19.6 Å². The van der Waals surface area contributed by atoms with E-state index in [-0.39, 0.29) is 6.61 Å². The van der Waals surface area contributed by atoms with Gasteiger partial charge in [-0.15, -0.1) is 0 Å². The van der Waals surface area contributed by atoms with Crippen LogP contribution in [0.25, 0.3) is 33.8 Å². The van der Waals surface area contributed by atoms with Crippen LogP contribution in [0.2, 0.25) is 0 Å². The third-order valence-electron chi connectivity index (χ3n) is 4.81. The van der Waals surface area contributed by atoms with E-state index in [1.807, 2.05) is 54.6 Å². The van der Waals surface area contributed by atoms with Gasteiger partial charge in [-0.1, -0.05) is 42.5 Å². The molecule has 0 saturated carbocycles. The van der Waals surface area contributed by atoms with Crippen molar-refractivity contribution in [2.24, 2.45) is 0 Å². The average Bonchev–Trinajstić information content (AvgIpc) is 3.01. The van der Waals surface area contributed by atoms with Crippen LogP contribution in [-0.4, -0.2) is 34.8 Å². The third-order valence-corrected chi connectivity index (χ3v) is 4.81. The third kappa shape index (κ3) is 2.78. The van der Waals surface area contributed by atoms with E-state index in [0.717, 1.165) is 33.5 Å². The zero-order valence-corrected chi connectivity index (χ0v) is 15.2. The summed E-state index contributed by atoms with van der Waals surface area (Å²) in [5.74, 6) is 2.66. The highest BCUT2D eigenvalue weighted by atomic mass is 16.5. The highest BCUT2D eigenvalue weighted by Gasteiger charge is 2.27. The highest BCUT2D eigenvalue weighted by molar-refractivity contribution is 5.92. The van der Waals surface area contributed by atoms with Gasteiger partial charge in [-0.3, -0.25) is 0 Å². The van der Waals surface area contributed by atoms with Crippen molar-refractivity contribution in [2.75, 3.05) is 25.1 Å². The van der Waals surface area contributed by atoms with E-state index in [1.165, 1.54) is 0 Å². The smallest absolute Gasteiger partial charge is 0.196 e. The topological polar surface area (TPSA) is 80.4 Å². The molecule has 2 N–H and O–H groups in total. The van der Waals surface area contributed by atoms with E-state index in [0.29, 0.717) is 37.0 Å². The van der Waals surface area contributed by atoms with Gasteiger partial charge in [0, 0.05) is 24.1 Å². The van der Waals surface area contributed by atoms with E-state index in [1.54, 1.807) is 0 Å². The predicted molar refractivity (Wildman–Crippen MR) is 107 cm³/mol. The molecule has 0 fully saturated rings. The molecule has 2 aromatic heterocycles. The van der Waals surface area contributed by atoms with Crippen molar-refractivity contribution in [1.29, 1.82) is 0 Å². The fourth-order valence-corrected chi connectivity index (χ4v) is 3.52. The number of aliphatic hydroxyl groups is 1. The van der Waals surface area contributed by atoms with Gasteiger partial charge in [0.2, 0.25) is 0 Å². The van der Waals surface area contributed by atoms with Gasteiger partial charge in [0.25, 0.3) is 0 Å². The van der Waals surface area contributed by atoms with Crippen LogP contribution in [0, 0.1) is 0 Å². The molecule has 4 aromatic rings. The van der Waals surface area contributed by atoms with Crippen LogP contribution < -0.4 is 10.1 Å². The number of hydrogen-bond donors (Lipinski definition) is 2. The Hall–Kier alpha value is -3.38. The summed E-state index contributed by atoms with van der Waals surface area (Å²) in [4.78, 5) is 9.59. The molecular formula is C22H19N3O3. The van der Waals surface area contributed by atoms with Crippen molar-refractivity contribution in [3.63, 3.8) is 0 Å². The second-order valence-corrected chi connectivity index (χ2v) is 6.59. The summed E-state index contributed by atoms with van der Waals surface area (Å²) >= 11 is 0. The minimum atomic E-state index is 0.0197. The normalized spacial score (nSPS) is 12.8. The molecule has 0 atom stereocenters. The predicted octanol–water partition coefficient (Wildman–Crippen LogP) is 3.90. The van der Waals surface area contributed by atoms with Gasteiger partial charge in [0.05, 0.1) is 18.6 Å². The molecule has 1 aliphatic heterocycles. The molecule has 28 heavy (non-hydrogen) atoms. The zero-order chi connectivity index (χ0) is 18.9. The number of rotatable bonds is 4. The first-order valence-electron chi connectivity index (χ1n) is 9.31. The number of fused-ring (bicyclic) bond motifs is 5. The number of hydrogen-bond acceptors (Lipinski definition) is 6. The van der Waals surface area contributed by atoms with E-state index in [4.69, 9.17) is 19.1 Å². The molecule has 2 aromatic carbocycles. The number of nitrogens with one attached hydrogen (secondary N) is 1. The van der Waals surface area contributed by atoms with Crippen molar-refractivity contribution in [3.8, 4) is 28.6 Å². The molecule has 6 heteroatoms. The maximum atomic E-state index is 9.28. The first-order valence-corrected chi connectivity index (χ1v) is 9.31. The molecule has 0 spiro atoms. The van der Waals surface area contributed by atoms with Crippen molar-refractivity contribution in [2.45, 2.75) is 6.42 Å². The van der Waals surface area contributed by atoms with Crippen molar-refractivity contribution in [3.05, 3.63) is 60.2 Å². The molecule has 6 nitrogen and oxygen atoms in total. The van der Waals surface area contributed by atoms with E-state index < -0.39 is 0 Å². The fraction of sp³-hybridized carbons (Fsp3) is 0.182. The van der Waals surface area contributed by atoms with Crippen LogP contribution in [0.1, 0.15) is 5.56 Å². The summed E-state index contributed by atoms with van der Waals surface area (Å²) in [6.45, 7) is 0.933. The van der Waals surface area contributed by atoms with Crippen LogP contribution >= 0.6 is 0 Å². The summed E-state index contributed by atoms with van der Waals surface area (Å²) in [5, 5.41) is 13.4. The number of aliphatic hydroxyl groups excluding tert-OH is 1. The first-order chi connectivity index (χ1) is 13.8. The molecule has 0 radical (unpaired) electrons. The second-order valence-electron chi connectivity index (χ2n) is 6.59. The quantitative estimate of drug-likeness (QED) is 0.565. The van der Waals surface area contributed by atoms with Crippen LogP contribution in [0.15, 0.2) is 59.0 Å². The van der Waals surface area contributed by atoms with Gasteiger partial charge >= 0.3 is 0 Å². The minimum absolute atomic E-state index is 0.0197. The Labute approximate surface area is 161 Å². The maximum Gasteiger partial charge on any atom is 0.196 e. The lowest BCUT2D eigenvalue weighted by molar-refractivity contribution is 0.311. The molecule has 0 aliphatic carbocycles. The summed E-state index contributed by atoms with van der Waals surface area (Å²) < 4.78 is 12.2. The molecular weight excluding hydrogens is 354 g/mol. The zero-order valence-electron chi connectivity index (χ0n) is 15.2. The van der Waals surface area contributed by atoms with Crippen LogP contribution in [0.5, 0.6) is 5.75 Å². The monoisotopic (exact) mass is 373 g/mol. The number of benzene rings is 2. The number of ether oxygens (including phenoxy) is 1. The van der Waals surface area contributed by atoms with Crippen LogP contribution in [0.4, 0.5) is 5.82 Å². The number of nitrogens with zero attached hydrogens (tertiary/aromatic N) is 2. The van der Waals surface area contributed by atoms with Crippen molar-refractivity contribution in [1.82, 2.24) is 9.97 Å². The van der Waals surface area contributed by atoms with Gasteiger partial charge in [0.1, 0.15) is 17.1 Å². The Morgan fingerprint density at radius 3 is 2.68 bits per heavy atom. The number of para-hydroxylation sites is 1. The maximum absolute atomic E-state index is 9.28. The summed E-state index contributed by atoms with van der Waals surface area (Å²) in [5.41, 5.74) is 3.36. The molecule has 5 rings (SSSR count). The van der Waals surface area contributed by atoms with Crippen LogP contribution in [0.3, 0.4) is 0 Å². The summed E-state index contributed by atoms with van der Waals surface area (Å²) in [7, 11) is 0.